The molecule has 0 radical (unpaired) electrons. The number of hydrogen-bond acceptors (Lipinski definition) is 5. The van der Waals surface area contributed by atoms with Crippen LogP contribution in [0.1, 0.15) is 5.76 Å². The summed E-state index contributed by atoms with van der Waals surface area (Å²) in [6.07, 6.45) is 3.06. The van der Waals surface area contributed by atoms with Gasteiger partial charge in [0.1, 0.15) is 5.76 Å². The van der Waals surface area contributed by atoms with Crippen LogP contribution in [0.5, 0.6) is 5.88 Å². The second-order valence-corrected chi connectivity index (χ2v) is 5.93. The molecule has 3 rings (SSSR count). The number of aromatic nitrogens is 2. The van der Waals surface area contributed by atoms with Crippen molar-refractivity contribution in [2.24, 2.45) is 5.92 Å². The average Bonchev–Trinajstić information content (AvgIpc) is 2.78. The van der Waals surface area contributed by atoms with E-state index in [4.69, 9.17) is 20.8 Å². The van der Waals surface area contributed by atoms with E-state index in [-0.39, 0.29) is 0 Å². The van der Waals surface area contributed by atoms with Crippen molar-refractivity contribution in [2.45, 2.75) is 6.54 Å². The lowest BCUT2D eigenvalue weighted by atomic mass is 10.0. The summed E-state index contributed by atoms with van der Waals surface area (Å²) in [6, 6.07) is 3.89. The molecule has 1 saturated heterocycles. The summed E-state index contributed by atoms with van der Waals surface area (Å²) in [7, 11) is 0. The maximum atomic E-state index is 5.75. The molecule has 0 amide bonds. The number of halogens is 2. The first kappa shape index (κ1) is 13.9. The summed E-state index contributed by atoms with van der Waals surface area (Å²) >= 11 is 9.05. The molecule has 0 saturated carbocycles. The minimum Gasteiger partial charge on any atom is -0.476 e. The molecule has 0 atom stereocenters. The number of nitrogens with zero attached hydrogens (tertiary/aromatic N) is 3. The smallest absolute Gasteiger partial charge is 0.233 e. The van der Waals surface area contributed by atoms with Gasteiger partial charge in [0.15, 0.2) is 9.82 Å². The molecule has 0 unspecified atom stereocenters. The Labute approximate surface area is 130 Å². The Morgan fingerprint density at radius 3 is 2.95 bits per heavy atom. The third kappa shape index (κ3) is 3.50. The second-order valence-electron chi connectivity index (χ2n) is 4.76. The van der Waals surface area contributed by atoms with Crippen molar-refractivity contribution in [3.63, 3.8) is 0 Å². The van der Waals surface area contributed by atoms with Gasteiger partial charge in [-0.05, 0) is 28.1 Å². The Morgan fingerprint density at radius 1 is 1.40 bits per heavy atom. The van der Waals surface area contributed by atoms with Gasteiger partial charge in [0.05, 0.1) is 25.5 Å². The Kier molecular flexibility index (Phi) is 4.24. The number of rotatable bonds is 5. The molecular formula is C13H13BrClN3O2. The molecule has 0 bridgehead atoms. The van der Waals surface area contributed by atoms with Crippen LogP contribution in [-0.4, -0.2) is 34.6 Å². The Bertz CT molecular complexity index is 587. The van der Waals surface area contributed by atoms with Gasteiger partial charge >= 0.3 is 0 Å². The molecule has 1 aliphatic heterocycles. The highest BCUT2D eigenvalue weighted by Gasteiger charge is 2.28. The van der Waals surface area contributed by atoms with Crippen molar-refractivity contribution in [3.8, 4) is 5.88 Å². The Hall–Kier alpha value is -1.11. The van der Waals surface area contributed by atoms with Gasteiger partial charge in [0, 0.05) is 19.0 Å². The molecule has 1 fully saturated rings. The molecule has 106 valence electrons. The van der Waals surface area contributed by atoms with Crippen LogP contribution in [0.15, 0.2) is 33.6 Å². The number of ether oxygens (including phenoxy) is 1. The van der Waals surface area contributed by atoms with Gasteiger partial charge in [-0.15, -0.1) is 0 Å². The highest BCUT2D eigenvalue weighted by atomic mass is 79.9. The first-order chi connectivity index (χ1) is 9.69. The maximum absolute atomic E-state index is 5.75. The largest absolute Gasteiger partial charge is 0.476 e. The van der Waals surface area contributed by atoms with Crippen LogP contribution < -0.4 is 4.74 Å². The van der Waals surface area contributed by atoms with Crippen molar-refractivity contribution < 1.29 is 9.15 Å². The van der Waals surface area contributed by atoms with Crippen molar-refractivity contribution in [1.29, 1.82) is 0 Å². The lowest BCUT2D eigenvalue weighted by molar-refractivity contribution is 0.0488. The molecule has 7 heteroatoms. The predicted octanol–water partition coefficient (Wildman–Crippen LogP) is 3.00. The fourth-order valence-electron chi connectivity index (χ4n) is 2.17. The zero-order chi connectivity index (χ0) is 13.9. The normalized spacial score (nSPS) is 16.1. The third-order valence-corrected chi connectivity index (χ3v) is 3.70. The van der Waals surface area contributed by atoms with Crippen molar-refractivity contribution in [1.82, 2.24) is 14.9 Å². The molecule has 1 aliphatic rings. The van der Waals surface area contributed by atoms with E-state index in [1.165, 1.54) is 6.20 Å². The molecular weight excluding hydrogens is 346 g/mol. The van der Waals surface area contributed by atoms with Crippen LogP contribution in [0.25, 0.3) is 0 Å². The topological polar surface area (TPSA) is 51.4 Å². The van der Waals surface area contributed by atoms with E-state index in [9.17, 15) is 0 Å². The van der Waals surface area contributed by atoms with Gasteiger partial charge < -0.3 is 9.15 Å². The summed E-state index contributed by atoms with van der Waals surface area (Å²) in [5, 5.41) is 0.348. The van der Waals surface area contributed by atoms with E-state index < -0.39 is 0 Å². The summed E-state index contributed by atoms with van der Waals surface area (Å²) in [4.78, 5) is 10.3. The van der Waals surface area contributed by atoms with Gasteiger partial charge in [0.2, 0.25) is 5.88 Å². The molecule has 3 heterocycles. The van der Waals surface area contributed by atoms with E-state index >= 15 is 0 Å². The summed E-state index contributed by atoms with van der Waals surface area (Å²) < 4.78 is 11.8. The average molecular weight is 359 g/mol. The number of hydrogen-bond donors (Lipinski definition) is 0. The fourth-order valence-corrected chi connectivity index (χ4v) is 2.65. The van der Waals surface area contributed by atoms with E-state index in [0.717, 1.165) is 30.1 Å². The van der Waals surface area contributed by atoms with E-state index in [2.05, 4.69) is 30.8 Å². The van der Waals surface area contributed by atoms with Crippen molar-refractivity contribution >= 4 is 27.5 Å². The van der Waals surface area contributed by atoms with Crippen LogP contribution in [-0.2, 0) is 6.54 Å². The minimum atomic E-state index is 0.348. The molecule has 20 heavy (non-hydrogen) atoms. The summed E-state index contributed by atoms with van der Waals surface area (Å²) in [5.74, 6) is 1.96. The van der Waals surface area contributed by atoms with Gasteiger partial charge in [0.25, 0.3) is 0 Å². The van der Waals surface area contributed by atoms with Gasteiger partial charge in [-0.25, -0.2) is 0 Å². The Balaban J connectivity index is 1.40. The zero-order valence-electron chi connectivity index (χ0n) is 10.6. The van der Waals surface area contributed by atoms with Crippen LogP contribution in [0.2, 0.25) is 5.15 Å². The van der Waals surface area contributed by atoms with E-state index in [1.54, 1.807) is 6.20 Å². The SMILES string of the molecule is Clc1cncc(OCC2CN(Cc3ccc(Br)o3)C2)n1. The highest BCUT2D eigenvalue weighted by Crippen LogP contribution is 2.22. The van der Waals surface area contributed by atoms with Crippen molar-refractivity contribution in [3.05, 3.63) is 40.1 Å². The van der Waals surface area contributed by atoms with Crippen LogP contribution >= 0.6 is 27.5 Å². The third-order valence-electron chi connectivity index (χ3n) is 3.09. The standard InChI is InChI=1S/C13H13BrClN3O2/c14-11-2-1-10(20-11)7-18-5-9(6-18)8-19-13-4-16-3-12(15)17-13/h1-4,9H,5-8H2. The van der Waals surface area contributed by atoms with E-state index in [0.29, 0.717) is 23.6 Å². The summed E-state index contributed by atoms with van der Waals surface area (Å²) in [5.41, 5.74) is 0. The molecule has 0 aromatic carbocycles. The lowest BCUT2D eigenvalue weighted by Crippen LogP contribution is -2.48. The van der Waals surface area contributed by atoms with Gasteiger partial charge in [-0.2, -0.15) is 4.98 Å². The predicted molar refractivity (Wildman–Crippen MR) is 77.7 cm³/mol. The molecule has 2 aromatic rings. The quantitative estimate of drug-likeness (QED) is 0.822. The second kappa shape index (κ2) is 6.11. The maximum Gasteiger partial charge on any atom is 0.233 e. The lowest BCUT2D eigenvalue weighted by Gasteiger charge is -2.38. The van der Waals surface area contributed by atoms with Gasteiger partial charge in [-0.1, -0.05) is 11.6 Å². The van der Waals surface area contributed by atoms with Crippen molar-refractivity contribution in [2.75, 3.05) is 19.7 Å². The molecule has 0 spiro atoms. The van der Waals surface area contributed by atoms with Crippen LogP contribution in [0.4, 0.5) is 0 Å². The number of furan rings is 1. The first-order valence-electron chi connectivity index (χ1n) is 6.26. The van der Waals surface area contributed by atoms with E-state index in [1.807, 2.05) is 12.1 Å². The minimum absolute atomic E-state index is 0.348. The Morgan fingerprint density at radius 2 is 2.25 bits per heavy atom. The molecule has 0 aliphatic carbocycles. The van der Waals surface area contributed by atoms with Gasteiger partial charge in [-0.3, -0.25) is 9.88 Å². The van der Waals surface area contributed by atoms with Crippen LogP contribution in [0.3, 0.4) is 0 Å². The van der Waals surface area contributed by atoms with Crippen LogP contribution in [0, 0.1) is 5.92 Å². The summed E-state index contributed by atoms with van der Waals surface area (Å²) in [6.45, 7) is 3.45. The number of likely N-dealkylation sites (tertiary alicyclic amines) is 1. The highest BCUT2D eigenvalue weighted by molar-refractivity contribution is 9.10. The molecule has 2 aromatic heterocycles. The molecule has 5 nitrogen and oxygen atoms in total. The molecule has 0 N–H and O–H groups in total. The zero-order valence-corrected chi connectivity index (χ0v) is 13.0. The fraction of sp³-hybridized carbons (Fsp3) is 0.385. The monoisotopic (exact) mass is 357 g/mol. The first-order valence-corrected chi connectivity index (χ1v) is 7.43.